The molecule has 0 aliphatic heterocycles. The van der Waals surface area contributed by atoms with Gasteiger partial charge in [-0.2, -0.15) is 0 Å². The maximum Gasteiger partial charge on any atom is -0.00127 e. The molecule has 2 rings (SSSR count). The number of hydrogen-bond acceptors (Lipinski definition) is 0. The lowest BCUT2D eigenvalue weighted by atomic mass is 10.0. The van der Waals surface area contributed by atoms with Gasteiger partial charge >= 0.3 is 0 Å². The van der Waals surface area contributed by atoms with Crippen LogP contribution in [0.4, 0.5) is 0 Å². The first-order chi connectivity index (χ1) is 8.95. The molecule has 0 fully saturated rings. The van der Waals surface area contributed by atoms with Crippen molar-refractivity contribution in [1.29, 1.82) is 0 Å². The van der Waals surface area contributed by atoms with Gasteiger partial charge in [0.15, 0.2) is 0 Å². The van der Waals surface area contributed by atoms with Gasteiger partial charge in [0.05, 0.1) is 0 Å². The van der Waals surface area contributed by atoms with Gasteiger partial charge in [-0.05, 0) is 24.7 Å². The summed E-state index contributed by atoms with van der Waals surface area (Å²) in [6.45, 7) is 0. The molecule has 0 aromatic rings. The van der Waals surface area contributed by atoms with E-state index >= 15 is 0 Å². The second-order valence-corrected chi connectivity index (χ2v) is 4.58. The maximum atomic E-state index is 2.30. The van der Waals surface area contributed by atoms with Crippen LogP contribution in [0.1, 0.15) is 12.8 Å². The third-order valence-electron chi connectivity index (χ3n) is 3.08. The van der Waals surface area contributed by atoms with E-state index in [-0.39, 0.29) is 0 Å². The molecule has 0 atom stereocenters. The molecule has 0 amide bonds. The first kappa shape index (κ1) is 12.6. The average Bonchev–Trinajstić information content (AvgIpc) is 2.79. The fraction of sp³-hybridized carbons (Fsp3) is 0.222. The van der Waals surface area contributed by atoms with Crippen LogP contribution in [-0.4, -0.2) is 0 Å². The largest absolute Gasteiger partial charge is 0.0876 e. The Hall–Kier alpha value is -1.82. The van der Waals surface area contributed by atoms with Gasteiger partial charge in [-0.1, -0.05) is 85.1 Å². The maximum absolute atomic E-state index is 2.30. The highest BCUT2D eigenvalue weighted by Crippen LogP contribution is 2.14. The normalized spacial score (nSPS) is 19.8. The van der Waals surface area contributed by atoms with Crippen LogP contribution in [0.3, 0.4) is 0 Å². The molecule has 2 aliphatic carbocycles. The summed E-state index contributed by atoms with van der Waals surface area (Å²) in [6.07, 6.45) is 32.6. The van der Waals surface area contributed by atoms with Crippen LogP contribution in [0, 0.1) is 11.8 Å². The van der Waals surface area contributed by atoms with Crippen molar-refractivity contribution in [1.82, 2.24) is 0 Å². The molecular weight excluding hydrogens is 216 g/mol. The fourth-order valence-corrected chi connectivity index (χ4v) is 2.03. The predicted octanol–water partition coefficient (Wildman–Crippen LogP) is 4.92. The summed E-state index contributed by atoms with van der Waals surface area (Å²) in [5.74, 6) is 1.08. The molecular formula is C18H20. The number of rotatable bonds is 4. The SMILES string of the molecule is C1=CC=CC(CC=CCC2C=CC=CC=C2)C=C1. The summed E-state index contributed by atoms with van der Waals surface area (Å²) in [6, 6.07) is 0. The molecule has 0 saturated heterocycles. The minimum Gasteiger partial charge on any atom is -0.0876 e. The Morgan fingerprint density at radius 2 is 0.833 bits per heavy atom. The molecule has 18 heavy (non-hydrogen) atoms. The first-order valence-corrected chi connectivity index (χ1v) is 6.63. The predicted molar refractivity (Wildman–Crippen MR) is 80.2 cm³/mol. The van der Waals surface area contributed by atoms with Gasteiger partial charge in [0.2, 0.25) is 0 Å². The fourth-order valence-electron chi connectivity index (χ4n) is 2.03. The first-order valence-electron chi connectivity index (χ1n) is 6.63. The molecule has 0 aromatic carbocycles. The monoisotopic (exact) mass is 236 g/mol. The van der Waals surface area contributed by atoms with E-state index < -0.39 is 0 Å². The molecule has 0 radical (unpaired) electrons. The number of hydrogen-bond donors (Lipinski definition) is 0. The standard InChI is InChI=1S/C18H20/c1-2-6-12-17(11-5-1)15-9-10-16-18-13-7-3-4-8-14-18/h1-14,17-18H,15-16H2. The molecule has 0 spiro atoms. The summed E-state index contributed by atoms with van der Waals surface area (Å²) < 4.78 is 0. The van der Waals surface area contributed by atoms with Crippen LogP contribution < -0.4 is 0 Å². The van der Waals surface area contributed by atoms with Gasteiger partial charge in [-0.25, -0.2) is 0 Å². The van der Waals surface area contributed by atoms with Crippen molar-refractivity contribution in [2.45, 2.75) is 12.8 Å². The lowest BCUT2D eigenvalue weighted by molar-refractivity contribution is 0.803. The van der Waals surface area contributed by atoms with Crippen molar-refractivity contribution >= 4 is 0 Å². The molecule has 0 heterocycles. The number of allylic oxidation sites excluding steroid dienone is 14. The van der Waals surface area contributed by atoms with Crippen LogP contribution in [0.5, 0.6) is 0 Å². The van der Waals surface area contributed by atoms with Crippen molar-refractivity contribution in [3.63, 3.8) is 0 Å². The van der Waals surface area contributed by atoms with Crippen LogP contribution in [-0.2, 0) is 0 Å². The van der Waals surface area contributed by atoms with Gasteiger partial charge in [-0.15, -0.1) is 0 Å². The molecule has 92 valence electrons. The molecule has 0 unspecified atom stereocenters. The molecule has 0 nitrogen and oxygen atoms in total. The molecule has 0 N–H and O–H groups in total. The van der Waals surface area contributed by atoms with Crippen LogP contribution in [0.15, 0.2) is 85.1 Å². The Morgan fingerprint density at radius 3 is 1.17 bits per heavy atom. The second kappa shape index (κ2) is 7.50. The Labute approximate surface area is 110 Å². The van der Waals surface area contributed by atoms with E-state index in [4.69, 9.17) is 0 Å². The summed E-state index contributed by atoms with van der Waals surface area (Å²) in [5, 5.41) is 0. The Bertz CT molecular complexity index is 365. The highest BCUT2D eigenvalue weighted by molar-refractivity contribution is 5.21. The third kappa shape index (κ3) is 4.58. The smallest absolute Gasteiger partial charge is 0.00127 e. The van der Waals surface area contributed by atoms with E-state index in [1.165, 1.54) is 0 Å². The van der Waals surface area contributed by atoms with E-state index in [2.05, 4.69) is 85.1 Å². The van der Waals surface area contributed by atoms with E-state index in [1.807, 2.05) is 0 Å². The van der Waals surface area contributed by atoms with Crippen molar-refractivity contribution in [2.24, 2.45) is 11.8 Å². The minimum absolute atomic E-state index is 0.540. The average molecular weight is 236 g/mol. The Balaban J connectivity index is 1.75. The van der Waals surface area contributed by atoms with E-state index in [1.54, 1.807) is 0 Å². The molecule has 0 aromatic heterocycles. The highest BCUT2D eigenvalue weighted by Gasteiger charge is 1.99. The second-order valence-electron chi connectivity index (χ2n) is 4.58. The molecule has 0 saturated carbocycles. The van der Waals surface area contributed by atoms with Crippen LogP contribution in [0.2, 0.25) is 0 Å². The van der Waals surface area contributed by atoms with Crippen LogP contribution >= 0.6 is 0 Å². The molecule has 0 heteroatoms. The third-order valence-corrected chi connectivity index (χ3v) is 3.08. The van der Waals surface area contributed by atoms with Crippen molar-refractivity contribution in [3.05, 3.63) is 85.1 Å². The summed E-state index contributed by atoms with van der Waals surface area (Å²) >= 11 is 0. The van der Waals surface area contributed by atoms with Crippen molar-refractivity contribution < 1.29 is 0 Å². The van der Waals surface area contributed by atoms with Gasteiger partial charge in [0, 0.05) is 0 Å². The van der Waals surface area contributed by atoms with Crippen LogP contribution in [0.25, 0.3) is 0 Å². The summed E-state index contributed by atoms with van der Waals surface area (Å²) in [7, 11) is 0. The zero-order valence-corrected chi connectivity index (χ0v) is 10.7. The van der Waals surface area contributed by atoms with Crippen molar-refractivity contribution in [2.75, 3.05) is 0 Å². The van der Waals surface area contributed by atoms with Gasteiger partial charge < -0.3 is 0 Å². The lowest BCUT2D eigenvalue weighted by Gasteiger charge is -2.04. The van der Waals surface area contributed by atoms with E-state index in [9.17, 15) is 0 Å². The Kier molecular flexibility index (Phi) is 5.26. The minimum atomic E-state index is 0.540. The molecule has 0 bridgehead atoms. The highest BCUT2D eigenvalue weighted by atomic mass is 14.0. The van der Waals surface area contributed by atoms with Gasteiger partial charge in [-0.3, -0.25) is 0 Å². The molecule has 2 aliphatic rings. The van der Waals surface area contributed by atoms with E-state index in [0.29, 0.717) is 11.8 Å². The lowest BCUT2D eigenvalue weighted by Crippen LogP contribution is -1.90. The van der Waals surface area contributed by atoms with Gasteiger partial charge in [0.25, 0.3) is 0 Å². The summed E-state index contributed by atoms with van der Waals surface area (Å²) in [5.41, 5.74) is 0. The Morgan fingerprint density at radius 1 is 0.500 bits per heavy atom. The van der Waals surface area contributed by atoms with Crippen molar-refractivity contribution in [3.8, 4) is 0 Å². The quantitative estimate of drug-likeness (QED) is 0.608. The van der Waals surface area contributed by atoms with Gasteiger partial charge in [0.1, 0.15) is 0 Å². The zero-order valence-electron chi connectivity index (χ0n) is 10.7. The summed E-state index contributed by atoms with van der Waals surface area (Å²) in [4.78, 5) is 0. The topological polar surface area (TPSA) is 0 Å². The zero-order chi connectivity index (χ0) is 12.5. The van der Waals surface area contributed by atoms with E-state index in [0.717, 1.165) is 12.8 Å².